The third-order valence-corrected chi connectivity index (χ3v) is 5.66. The van der Waals surface area contributed by atoms with E-state index in [1.807, 2.05) is 12.1 Å². The van der Waals surface area contributed by atoms with Crippen LogP contribution in [0.1, 0.15) is 47.5 Å². The number of carbonyl (C=O) groups is 1. The maximum Gasteiger partial charge on any atom is 0.254 e. The molecule has 1 aromatic heterocycles. The molecule has 0 radical (unpaired) electrons. The van der Waals surface area contributed by atoms with Crippen LogP contribution in [0.25, 0.3) is 0 Å². The zero-order valence-corrected chi connectivity index (χ0v) is 14.8. The van der Waals surface area contributed by atoms with E-state index in [2.05, 4.69) is 17.1 Å². The number of hydrogen-bond donors (Lipinski definition) is 0. The molecule has 2 aromatic rings. The lowest BCUT2D eigenvalue weighted by molar-refractivity contribution is 0.0827. The second-order valence-electron chi connectivity index (χ2n) is 7.54. The van der Waals surface area contributed by atoms with E-state index in [4.69, 9.17) is 4.74 Å². The van der Waals surface area contributed by atoms with E-state index in [1.165, 1.54) is 36.1 Å². The molecule has 0 aliphatic heterocycles. The highest BCUT2D eigenvalue weighted by Crippen LogP contribution is 2.52. The predicted molar refractivity (Wildman–Crippen MR) is 97.0 cm³/mol. The number of carbonyl (C=O) groups excluding carboxylic acids is 1. The van der Waals surface area contributed by atoms with E-state index < -0.39 is 0 Å². The van der Waals surface area contributed by atoms with Crippen LogP contribution in [0, 0.1) is 11.8 Å². The van der Waals surface area contributed by atoms with Crippen LogP contribution >= 0.6 is 0 Å². The topological polar surface area (TPSA) is 42.4 Å². The first kappa shape index (κ1) is 16.1. The Balaban J connectivity index is 1.42. The van der Waals surface area contributed by atoms with Crippen LogP contribution in [-0.4, -0.2) is 29.9 Å². The first-order valence-corrected chi connectivity index (χ1v) is 9.05. The van der Waals surface area contributed by atoms with E-state index >= 15 is 0 Å². The molecule has 25 heavy (non-hydrogen) atoms. The Kier molecular flexibility index (Phi) is 4.20. The Morgan fingerprint density at radius 2 is 1.88 bits per heavy atom. The number of amides is 1. The average Bonchev–Trinajstić information content (AvgIpc) is 3.26. The molecule has 1 amide bonds. The van der Waals surface area contributed by atoms with Crippen molar-refractivity contribution in [3.63, 3.8) is 0 Å². The normalized spacial score (nSPS) is 24.3. The van der Waals surface area contributed by atoms with E-state index in [0.29, 0.717) is 11.4 Å². The number of aromatic nitrogens is 1. The lowest BCUT2D eigenvalue weighted by Crippen LogP contribution is -2.21. The molecule has 1 aromatic carbocycles. The molecule has 130 valence electrons. The quantitative estimate of drug-likeness (QED) is 0.827. The maximum atomic E-state index is 11.9. The van der Waals surface area contributed by atoms with Gasteiger partial charge >= 0.3 is 0 Å². The van der Waals surface area contributed by atoms with Gasteiger partial charge in [0.25, 0.3) is 5.91 Å². The monoisotopic (exact) mass is 336 g/mol. The van der Waals surface area contributed by atoms with Crippen molar-refractivity contribution in [3.05, 3.63) is 53.7 Å². The number of pyridine rings is 1. The molecule has 2 fully saturated rings. The summed E-state index contributed by atoms with van der Waals surface area (Å²) < 4.78 is 5.82. The Hall–Kier alpha value is -2.36. The summed E-state index contributed by atoms with van der Waals surface area (Å²) in [5.74, 6) is 3.81. The molecule has 1 heterocycles. The van der Waals surface area contributed by atoms with Crippen molar-refractivity contribution >= 4 is 5.91 Å². The van der Waals surface area contributed by atoms with Crippen molar-refractivity contribution in [2.45, 2.75) is 31.6 Å². The fourth-order valence-electron chi connectivity index (χ4n) is 4.38. The van der Waals surface area contributed by atoms with Gasteiger partial charge in [-0.15, -0.1) is 0 Å². The minimum absolute atomic E-state index is 0.0609. The molecule has 2 aliphatic carbocycles. The molecular formula is C21H24N2O2. The molecule has 0 saturated heterocycles. The van der Waals surface area contributed by atoms with Crippen LogP contribution in [0.4, 0.5) is 0 Å². The Morgan fingerprint density at radius 3 is 2.44 bits per heavy atom. The minimum atomic E-state index is -0.0609. The predicted octanol–water partition coefficient (Wildman–Crippen LogP) is 4.48. The van der Waals surface area contributed by atoms with E-state index in [1.54, 1.807) is 32.4 Å². The second-order valence-corrected chi connectivity index (χ2v) is 7.54. The fraction of sp³-hybridized carbons (Fsp3) is 0.429. The van der Waals surface area contributed by atoms with E-state index in [9.17, 15) is 4.79 Å². The van der Waals surface area contributed by atoms with Gasteiger partial charge in [0.05, 0.1) is 5.56 Å². The van der Waals surface area contributed by atoms with E-state index in [-0.39, 0.29) is 5.91 Å². The van der Waals surface area contributed by atoms with Crippen molar-refractivity contribution in [2.24, 2.45) is 11.8 Å². The van der Waals surface area contributed by atoms with Crippen molar-refractivity contribution in [1.82, 2.24) is 9.88 Å². The van der Waals surface area contributed by atoms with Gasteiger partial charge in [-0.25, -0.2) is 4.98 Å². The van der Waals surface area contributed by atoms with Crippen LogP contribution in [0.2, 0.25) is 0 Å². The number of ether oxygens (including phenoxy) is 1. The Labute approximate surface area is 148 Å². The Bertz CT molecular complexity index is 752. The van der Waals surface area contributed by atoms with Gasteiger partial charge in [0, 0.05) is 26.4 Å². The summed E-state index contributed by atoms with van der Waals surface area (Å²) in [5, 5.41) is 0. The van der Waals surface area contributed by atoms with Crippen molar-refractivity contribution in [1.29, 1.82) is 0 Å². The van der Waals surface area contributed by atoms with Gasteiger partial charge in [-0.2, -0.15) is 0 Å². The molecule has 2 saturated carbocycles. The number of fused-ring (bicyclic) bond motifs is 2. The van der Waals surface area contributed by atoms with Gasteiger partial charge in [0.2, 0.25) is 5.88 Å². The van der Waals surface area contributed by atoms with Crippen LogP contribution in [-0.2, 0) is 0 Å². The highest BCUT2D eigenvalue weighted by atomic mass is 16.5. The molecule has 0 N–H and O–H groups in total. The number of nitrogens with zero attached hydrogens (tertiary/aromatic N) is 2. The van der Waals surface area contributed by atoms with Gasteiger partial charge in [-0.1, -0.05) is 18.6 Å². The van der Waals surface area contributed by atoms with Crippen LogP contribution in [0.5, 0.6) is 11.6 Å². The fourth-order valence-corrected chi connectivity index (χ4v) is 4.38. The molecule has 3 atom stereocenters. The molecule has 0 spiro atoms. The van der Waals surface area contributed by atoms with Gasteiger partial charge in [-0.3, -0.25) is 4.79 Å². The summed E-state index contributed by atoms with van der Waals surface area (Å²) in [6.45, 7) is 0. The smallest absolute Gasteiger partial charge is 0.254 e. The molecule has 3 unspecified atom stereocenters. The number of rotatable bonds is 4. The van der Waals surface area contributed by atoms with Crippen molar-refractivity contribution in [3.8, 4) is 11.6 Å². The standard InChI is InChI=1S/C21H24N2O2/c1-23(2)21(24)17-7-10-20(22-13-17)25-18-8-5-15(6-9-18)19-12-14-3-4-16(19)11-14/h5-10,13-14,16,19H,3-4,11-12H2,1-2H3. The van der Waals surface area contributed by atoms with Gasteiger partial charge in [-0.05, 0) is 60.8 Å². The molecule has 2 aliphatic rings. The highest BCUT2D eigenvalue weighted by Gasteiger charge is 2.39. The van der Waals surface area contributed by atoms with Crippen LogP contribution in [0.15, 0.2) is 42.6 Å². The van der Waals surface area contributed by atoms with Crippen molar-refractivity contribution < 1.29 is 9.53 Å². The van der Waals surface area contributed by atoms with Crippen LogP contribution < -0.4 is 4.74 Å². The zero-order valence-electron chi connectivity index (χ0n) is 14.8. The number of benzene rings is 1. The molecule has 4 heteroatoms. The zero-order chi connectivity index (χ0) is 17.4. The van der Waals surface area contributed by atoms with Gasteiger partial charge < -0.3 is 9.64 Å². The lowest BCUT2D eigenvalue weighted by Gasteiger charge is -2.22. The largest absolute Gasteiger partial charge is 0.439 e. The minimum Gasteiger partial charge on any atom is -0.439 e. The summed E-state index contributed by atoms with van der Waals surface area (Å²) in [6.07, 6.45) is 7.16. The summed E-state index contributed by atoms with van der Waals surface area (Å²) in [5.41, 5.74) is 2.00. The number of hydrogen-bond acceptors (Lipinski definition) is 3. The third-order valence-electron chi connectivity index (χ3n) is 5.66. The summed E-state index contributed by atoms with van der Waals surface area (Å²) >= 11 is 0. The third kappa shape index (κ3) is 3.26. The molecular weight excluding hydrogens is 312 g/mol. The summed E-state index contributed by atoms with van der Waals surface area (Å²) in [4.78, 5) is 17.6. The SMILES string of the molecule is CN(C)C(=O)c1ccc(Oc2ccc(C3CC4CCC3C4)cc2)nc1. The molecule has 4 rings (SSSR count). The molecule has 2 bridgehead atoms. The maximum absolute atomic E-state index is 11.9. The molecule has 4 nitrogen and oxygen atoms in total. The average molecular weight is 336 g/mol. The lowest BCUT2D eigenvalue weighted by atomic mass is 9.83. The summed E-state index contributed by atoms with van der Waals surface area (Å²) in [7, 11) is 3.45. The second kappa shape index (κ2) is 6.51. The van der Waals surface area contributed by atoms with Crippen molar-refractivity contribution in [2.75, 3.05) is 14.1 Å². The van der Waals surface area contributed by atoms with Gasteiger partial charge in [0.1, 0.15) is 5.75 Å². The summed E-state index contributed by atoms with van der Waals surface area (Å²) in [6, 6.07) is 11.9. The van der Waals surface area contributed by atoms with Gasteiger partial charge in [0.15, 0.2) is 0 Å². The van der Waals surface area contributed by atoms with E-state index in [0.717, 1.165) is 23.5 Å². The highest BCUT2D eigenvalue weighted by molar-refractivity contribution is 5.93. The first-order chi connectivity index (χ1) is 12.1. The first-order valence-electron chi connectivity index (χ1n) is 9.05. The van der Waals surface area contributed by atoms with Crippen LogP contribution in [0.3, 0.4) is 0 Å². The Morgan fingerprint density at radius 1 is 1.08 bits per heavy atom.